The van der Waals surface area contributed by atoms with Crippen LogP contribution < -0.4 is 19.5 Å². The van der Waals surface area contributed by atoms with E-state index in [0.717, 1.165) is 17.3 Å². The number of fused-ring (bicyclic) bond motifs is 2. The van der Waals surface area contributed by atoms with Crippen molar-refractivity contribution >= 4 is 22.5 Å². The summed E-state index contributed by atoms with van der Waals surface area (Å²) in [6.07, 6.45) is 2.54. The van der Waals surface area contributed by atoms with Gasteiger partial charge in [0.2, 0.25) is 0 Å². The Bertz CT molecular complexity index is 937. The average Bonchev–Trinajstić information content (AvgIpc) is 2.91. The zero-order valence-corrected chi connectivity index (χ0v) is 14.1. The highest BCUT2D eigenvalue weighted by Crippen LogP contribution is 2.32. The number of para-hydroxylation sites is 1. The molecule has 0 spiro atoms. The van der Waals surface area contributed by atoms with E-state index in [1.54, 1.807) is 30.5 Å². The van der Waals surface area contributed by atoms with Crippen LogP contribution in [0.15, 0.2) is 54.7 Å². The molecular formula is C20H18N2O4. The van der Waals surface area contributed by atoms with Gasteiger partial charge in [-0.1, -0.05) is 18.2 Å². The highest BCUT2D eigenvalue weighted by Gasteiger charge is 2.12. The number of nitrogens with one attached hydrogen (secondary N) is 1. The molecule has 2 heterocycles. The molecule has 1 aliphatic heterocycles. The summed E-state index contributed by atoms with van der Waals surface area (Å²) < 4.78 is 16.9. The summed E-state index contributed by atoms with van der Waals surface area (Å²) in [5.74, 6) is 1.65. The molecule has 0 radical (unpaired) electrons. The highest BCUT2D eigenvalue weighted by atomic mass is 16.5. The summed E-state index contributed by atoms with van der Waals surface area (Å²) in [4.78, 5) is 16.5. The highest BCUT2D eigenvalue weighted by molar-refractivity contribution is 5.92. The maximum atomic E-state index is 12.2. The predicted octanol–water partition coefficient (Wildman–Crippen LogP) is 3.41. The first-order valence-corrected chi connectivity index (χ1v) is 8.46. The third-order valence-electron chi connectivity index (χ3n) is 3.99. The maximum Gasteiger partial charge on any atom is 0.262 e. The van der Waals surface area contributed by atoms with E-state index >= 15 is 0 Å². The Morgan fingerprint density at radius 3 is 2.85 bits per heavy atom. The topological polar surface area (TPSA) is 69.7 Å². The van der Waals surface area contributed by atoms with Crippen molar-refractivity contribution in [3.63, 3.8) is 0 Å². The molecule has 0 saturated heterocycles. The van der Waals surface area contributed by atoms with Crippen LogP contribution in [0.4, 0.5) is 5.69 Å². The molecule has 6 nitrogen and oxygen atoms in total. The van der Waals surface area contributed by atoms with Crippen LogP contribution >= 0.6 is 0 Å². The van der Waals surface area contributed by atoms with Gasteiger partial charge in [0.25, 0.3) is 5.91 Å². The van der Waals surface area contributed by atoms with Crippen molar-refractivity contribution in [2.24, 2.45) is 0 Å². The molecule has 1 aliphatic rings. The van der Waals surface area contributed by atoms with E-state index in [4.69, 9.17) is 14.2 Å². The number of anilines is 1. The van der Waals surface area contributed by atoms with E-state index in [9.17, 15) is 4.79 Å². The van der Waals surface area contributed by atoms with Crippen molar-refractivity contribution in [2.75, 3.05) is 25.1 Å². The summed E-state index contributed by atoms with van der Waals surface area (Å²) in [5.41, 5.74) is 1.37. The molecule has 132 valence electrons. The zero-order valence-electron chi connectivity index (χ0n) is 14.1. The molecule has 1 amide bonds. The van der Waals surface area contributed by atoms with Gasteiger partial charge in [-0.2, -0.15) is 0 Å². The minimum Gasteiger partial charge on any atom is -0.490 e. The Kier molecular flexibility index (Phi) is 4.55. The predicted molar refractivity (Wildman–Crippen MR) is 97.9 cm³/mol. The Morgan fingerprint density at radius 2 is 1.92 bits per heavy atom. The summed E-state index contributed by atoms with van der Waals surface area (Å²) in [6, 6.07) is 14.8. The monoisotopic (exact) mass is 350 g/mol. The van der Waals surface area contributed by atoms with E-state index in [1.807, 2.05) is 24.3 Å². The normalized spacial score (nSPS) is 13.1. The SMILES string of the molecule is O=C(COc1cccc2cccnc12)Nc1ccc2c(c1)OCCCO2. The van der Waals surface area contributed by atoms with Gasteiger partial charge in [0, 0.05) is 29.8 Å². The minimum atomic E-state index is -0.257. The Labute approximate surface area is 150 Å². The molecule has 26 heavy (non-hydrogen) atoms. The number of ether oxygens (including phenoxy) is 3. The van der Waals surface area contributed by atoms with Gasteiger partial charge in [-0.25, -0.2) is 0 Å². The second-order valence-electron chi connectivity index (χ2n) is 5.88. The lowest BCUT2D eigenvalue weighted by Crippen LogP contribution is -2.20. The second kappa shape index (κ2) is 7.31. The van der Waals surface area contributed by atoms with Crippen molar-refractivity contribution < 1.29 is 19.0 Å². The molecule has 4 rings (SSSR count). The number of rotatable bonds is 4. The molecule has 6 heteroatoms. The van der Waals surface area contributed by atoms with Crippen molar-refractivity contribution in [1.82, 2.24) is 4.98 Å². The number of benzene rings is 2. The molecule has 2 aromatic carbocycles. The fourth-order valence-corrected chi connectivity index (χ4v) is 2.77. The first kappa shape index (κ1) is 16.2. The van der Waals surface area contributed by atoms with Crippen molar-refractivity contribution in [3.8, 4) is 17.2 Å². The van der Waals surface area contributed by atoms with Crippen LogP contribution in [0, 0.1) is 0 Å². The van der Waals surface area contributed by atoms with Gasteiger partial charge in [0.15, 0.2) is 18.1 Å². The quantitative estimate of drug-likeness (QED) is 0.781. The van der Waals surface area contributed by atoms with Gasteiger partial charge in [0.05, 0.1) is 13.2 Å². The zero-order chi connectivity index (χ0) is 17.8. The summed E-state index contributed by atoms with van der Waals surface area (Å²) in [7, 11) is 0. The second-order valence-corrected chi connectivity index (χ2v) is 5.88. The van der Waals surface area contributed by atoms with Crippen molar-refractivity contribution in [2.45, 2.75) is 6.42 Å². The fraction of sp³-hybridized carbons (Fsp3) is 0.200. The molecule has 1 N–H and O–H groups in total. The van der Waals surface area contributed by atoms with Crippen LogP contribution in [0.1, 0.15) is 6.42 Å². The first-order valence-electron chi connectivity index (χ1n) is 8.46. The molecule has 0 aliphatic carbocycles. The average molecular weight is 350 g/mol. The third-order valence-corrected chi connectivity index (χ3v) is 3.99. The number of pyridine rings is 1. The number of hydrogen-bond acceptors (Lipinski definition) is 5. The largest absolute Gasteiger partial charge is 0.490 e. The van der Waals surface area contributed by atoms with Crippen LogP contribution in [0.25, 0.3) is 10.9 Å². The van der Waals surface area contributed by atoms with Gasteiger partial charge in [-0.05, 0) is 24.3 Å². The standard InChI is InChI=1S/C20H18N2O4/c23-19(13-26-17-6-1-4-14-5-2-9-21-20(14)17)22-15-7-8-16-18(12-15)25-11-3-10-24-16/h1-2,4-9,12H,3,10-11,13H2,(H,22,23). The Morgan fingerprint density at radius 1 is 1.08 bits per heavy atom. The van der Waals surface area contributed by atoms with E-state index in [0.29, 0.717) is 36.1 Å². The molecule has 0 unspecified atom stereocenters. The minimum absolute atomic E-state index is 0.107. The molecule has 0 fully saturated rings. The van der Waals surface area contributed by atoms with Crippen molar-refractivity contribution in [1.29, 1.82) is 0 Å². The Hall–Kier alpha value is -3.28. The van der Waals surface area contributed by atoms with Crippen LogP contribution in [-0.2, 0) is 4.79 Å². The Balaban J connectivity index is 1.42. The lowest BCUT2D eigenvalue weighted by atomic mass is 10.2. The lowest BCUT2D eigenvalue weighted by Gasteiger charge is -2.11. The van der Waals surface area contributed by atoms with E-state index in [1.165, 1.54) is 0 Å². The lowest BCUT2D eigenvalue weighted by molar-refractivity contribution is -0.118. The first-order chi connectivity index (χ1) is 12.8. The molecule has 0 bridgehead atoms. The number of aromatic nitrogens is 1. The summed E-state index contributed by atoms with van der Waals surface area (Å²) >= 11 is 0. The molecular weight excluding hydrogens is 332 g/mol. The fourth-order valence-electron chi connectivity index (χ4n) is 2.77. The molecule has 1 aromatic heterocycles. The van der Waals surface area contributed by atoms with Gasteiger partial charge < -0.3 is 19.5 Å². The number of amides is 1. The van der Waals surface area contributed by atoms with Gasteiger partial charge in [0.1, 0.15) is 11.3 Å². The number of hydrogen-bond donors (Lipinski definition) is 1. The maximum absolute atomic E-state index is 12.2. The van der Waals surface area contributed by atoms with E-state index in [2.05, 4.69) is 10.3 Å². The van der Waals surface area contributed by atoms with Gasteiger partial charge in [-0.15, -0.1) is 0 Å². The number of nitrogens with zero attached hydrogens (tertiary/aromatic N) is 1. The smallest absolute Gasteiger partial charge is 0.262 e. The molecule has 3 aromatic rings. The molecule has 0 atom stereocenters. The van der Waals surface area contributed by atoms with E-state index in [-0.39, 0.29) is 12.5 Å². The third kappa shape index (κ3) is 3.54. The van der Waals surface area contributed by atoms with Crippen LogP contribution in [0.2, 0.25) is 0 Å². The van der Waals surface area contributed by atoms with E-state index < -0.39 is 0 Å². The summed E-state index contributed by atoms with van der Waals surface area (Å²) in [6.45, 7) is 1.12. The molecule has 0 saturated carbocycles. The summed E-state index contributed by atoms with van der Waals surface area (Å²) in [5, 5.41) is 3.78. The van der Waals surface area contributed by atoms with Crippen LogP contribution in [0.5, 0.6) is 17.2 Å². The van der Waals surface area contributed by atoms with Crippen LogP contribution in [0.3, 0.4) is 0 Å². The van der Waals surface area contributed by atoms with Crippen LogP contribution in [-0.4, -0.2) is 30.7 Å². The number of carbonyl (C=O) groups is 1. The van der Waals surface area contributed by atoms with Crippen molar-refractivity contribution in [3.05, 3.63) is 54.7 Å². The number of carbonyl (C=O) groups excluding carboxylic acids is 1. The van der Waals surface area contributed by atoms with Gasteiger partial charge >= 0.3 is 0 Å². The van der Waals surface area contributed by atoms with Gasteiger partial charge in [-0.3, -0.25) is 9.78 Å².